The van der Waals surface area contributed by atoms with Crippen LogP contribution in [0.2, 0.25) is 0 Å². The van der Waals surface area contributed by atoms with Gasteiger partial charge in [0.15, 0.2) is 11.6 Å². The summed E-state index contributed by atoms with van der Waals surface area (Å²) >= 11 is 1.29. The van der Waals surface area contributed by atoms with Gasteiger partial charge in [-0.3, -0.25) is 4.79 Å². The van der Waals surface area contributed by atoms with Crippen molar-refractivity contribution < 1.29 is 18.2 Å². The van der Waals surface area contributed by atoms with Crippen LogP contribution in [-0.2, 0) is 17.0 Å². The third kappa shape index (κ3) is 4.77. The Morgan fingerprint density at radius 3 is 2.73 bits per heavy atom. The van der Waals surface area contributed by atoms with Crippen LogP contribution in [0.4, 0.5) is 5.69 Å². The van der Waals surface area contributed by atoms with Gasteiger partial charge in [0.25, 0.3) is 11.1 Å². The largest absolute Gasteiger partial charge is 0.459 e. The van der Waals surface area contributed by atoms with E-state index in [4.69, 9.17) is 13.4 Å². The van der Waals surface area contributed by atoms with Gasteiger partial charge in [-0.2, -0.15) is 4.98 Å². The molecule has 1 aromatic carbocycles. The fourth-order valence-corrected chi connectivity index (χ4v) is 3.38. The number of aromatic nitrogens is 4. The molecule has 1 amide bonds. The van der Waals surface area contributed by atoms with Crippen LogP contribution in [0, 0.1) is 13.8 Å². The molecule has 4 aromatic rings. The summed E-state index contributed by atoms with van der Waals surface area (Å²) in [5, 5.41) is 15.1. The second kappa shape index (κ2) is 8.95. The summed E-state index contributed by atoms with van der Waals surface area (Å²) in [6.07, 6.45) is 2.14. The molecular weight excluding hydrogens is 406 g/mol. The maximum Gasteiger partial charge on any atom is 0.284 e. The number of benzene rings is 1. The van der Waals surface area contributed by atoms with Crippen LogP contribution in [0.5, 0.6) is 0 Å². The Bertz CT molecular complexity index is 1120. The molecule has 30 heavy (non-hydrogen) atoms. The second-order valence-electron chi connectivity index (χ2n) is 6.56. The number of nitrogens with one attached hydrogen (secondary N) is 1. The van der Waals surface area contributed by atoms with E-state index in [2.05, 4.69) is 25.7 Å². The van der Waals surface area contributed by atoms with Crippen LogP contribution < -0.4 is 5.32 Å². The number of anilines is 1. The number of para-hydroxylation sites is 1. The molecule has 1 N–H and O–H groups in total. The smallest absolute Gasteiger partial charge is 0.284 e. The average Bonchev–Trinajstić information content (AvgIpc) is 3.49. The predicted molar refractivity (Wildman–Crippen MR) is 109 cm³/mol. The Kier molecular flexibility index (Phi) is 5.94. The topological polar surface area (TPSA) is 120 Å². The van der Waals surface area contributed by atoms with E-state index in [1.807, 2.05) is 32.0 Å². The molecule has 0 saturated heterocycles. The van der Waals surface area contributed by atoms with E-state index in [0.29, 0.717) is 40.8 Å². The molecule has 0 saturated carbocycles. The van der Waals surface area contributed by atoms with Gasteiger partial charge in [-0.1, -0.05) is 35.1 Å². The molecule has 3 aromatic heterocycles. The number of carbonyl (C=O) groups excluding carboxylic acids is 1. The lowest BCUT2D eigenvalue weighted by Gasteiger charge is -2.10. The number of hydrogen-bond donors (Lipinski definition) is 1. The van der Waals surface area contributed by atoms with Crippen molar-refractivity contribution in [2.24, 2.45) is 0 Å². The number of thioether (sulfide) groups is 1. The molecule has 0 atom stereocenters. The number of carbonyl (C=O) groups is 1. The van der Waals surface area contributed by atoms with Crippen molar-refractivity contribution in [3.63, 3.8) is 0 Å². The number of hydrogen-bond acceptors (Lipinski definition) is 9. The van der Waals surface area contributed by atoms with E-state index in [9.17, 15) is 4.79 Å². The summed E-state index contributed by atoms with van der Waals surface area (Å²) in [7, 11) is 0. The van der Waals surface area contributed by atoms with E-state index in [1.165, 1.54) is 18.0 Å². The number of furan rings is 1. The van der Waals surface area contributed by atoms with Crippen molar-refractivity contribution in [3.8, 4) is 11.7 Å². The van der Waals surface area contributed by atoms with Gasteiger partial charge in [-0.25, -0.2) is 0 Å². The first kappa shape index (κ1) is 19.9. The zero-order valence-corrected chi connectivity index (χ0v) is 17.2. The van der Waals surface area contributed by atoms with Gasteiger partial charge in [-0.15, -0.1) is 10.2 Å². The lowest BCUT2D eigenvalue weighted by Crippen LogP contribution is -2.14. The predicted octanol–water partition coefficient (Wildman–Crippen LogP) is 4.19. The van der Waals surface area contributed by atoms with Crippen LogP contribution in [0.15, 0.2) is 55.2 Å². The Balaban J connectivity index is 1.27. The molecule has 0 spiro atoms. The molecule has 0 bridgehead atoms. The Morgan fingerprint density at radius 2 is 1.97 bits per heavy atom. The molecule has 154 valence electrons. The molecule has 3 heterocycles. The lowest BCUT2D eigenvalue weighted by atomic mass is 10.1. The van der Waals surface area contributed by atoms with E-state index >= 15 is 0 Å². The van der Waals surface area contributed by atoms with Crippen molar-refractivity contribution in [1.29, 1.82) is 0 Å². The normalized spacial score (nSPS) is 11.0. The number of amides is 1. The summed E-state index contributed by atoms with van der Waals surface area (Å²) in [4.78, 5) is 16.6. The van der Waals surface area contributed by atoms with Gasteiger partial charge in [0.2, 0.25) is 11.8 Å². The van der Waals surface area contributed by atoms with Crippen LogP contribution in [0.1, 0.15) is 29.3 Å². The molecule has 0 aliphatic carbocycles. The van der Waals surface area contributed by atoms with E-state index in [0.717, 1.165) is 16.8 Å². The van der Waals surface area contributed by atoms with Gasteiger partial charge in [0, 0.05) is 18.5 Å². The van der Waals surface area contributed by atoms with Crippen LogP contribution in [-0.4, -0.2) is 26.2 Å². The molecule has 4 rings (SSSR count). The van der Waals surface area contributed by atoms with Gasteiger partial charge >= 0.3 is 0 Å². The molecule has 0 aliphatic heterocycles. The highest BCUT2D eigenvalue weighted by Gasteiger charge is 2.14. The number of aryl methyl sites for hydroxylation is 3. The quantitative estimate of drug-likeness (QED) is 0.414. The number of rotatable bonds is 8. The molecule has 0 radical (unpaired) electrons. The van der Waals surface area contributed by atoms with Crippen molar-refractivity contribution >= 4 is 23.4 Å². The van der Waals surface area contributed by atoms with Crippen molar-refractivity contribution in [2.45, 2.75) is 37.7 Å². The first-order valence-electron chi connectivity index (χ1n) is 9.26. The molecule has 0 fully saturated rings. The van der Waals surface area contributed by atoms with Gasteiger partial charge in [0.05, 0.1) is 12.0 Å². The van der Waals surface area contributed by atoms with E-state index in [1.54, 1.807) is 12.1 Å². The van der Waals surface area contributed by atoms with E-state index < -0.39 is 0 Å². The highest BCUT2D eigenvalue weighted by Crippen LogP contribution is 2.25. The summed E-state index contributed by atoms with van der Waals surface area (Å²) in [5.74, 6) is 2.02. The first-order chi connectivity index (χ1) is 14.6. The zero-order chi connectivity index (χ0) is 20.9. The van der Waals surface area contributed by atoms with Crippen molar-refractivity contribution in [1.82, 2.24) is 20.3 Å². The Labute approximate surface area is 176 Å². The van der Waals surface area contributed by atoms with Crippen LogP contribution >= 0.6 is 11.8 Å². The van der Waals surface area contributed by atoms with Gasteiger partial charge < -0.3 is 18.7 Å². The monoisotopic (exact) mass is 425 g/mol. The summed E-state index contributed by atoms with van der Waals surface area (Å²) < 4.78 is 16.0. The average molecular weight is 425 g/mol. The number of nitrogens with zero attached hydrogens (tertiary/aromatic N) is 4. The molecule has 10 heteroatoms. The Hall–Kier alpha value is -3.40. The molecular formula is C20H19N5O4S. The molecule has 0 unspecified atom stereocenters. The summed E-state index contributed by atoms with van der Waals surface area (Å²) in [6.45, 7) is 3.93. The zero-order valence-electron chi connectivity index (χ0n) is 16.4. The maximum atomic E-state index is 12.3. The van der Waals surface area contributed by atoms with Crippen LogP contribution in [0.25, 0.3) is 11.7 Å². The Morgan fingerprint density at radius 1 is 1.13 bits per heavy atom. The minimum Gasteiger partial charge on any atom is -0.459 e. The third-order valence-electron chi connectivity index (χ3n) is 4.28. The minimum atomic E-state index is -0.0992. The SMILES string of the molecule is Cc1cccc(C)c1NC(=O)CCc1nc(CSc2nnc(-c3ccco3)o2)no1. The summed E-state index contributed by atoms with van der Waals surface area (Å²) in [6, 6.07) is 9.38. The molecule has 9 nitrogen and oxygen atoms in total. The molecule has 0 aliphatic rings. The van der Waals surface area contributed by atoms with Crippen molar-refractivity contribution in [2.75, 3.05) is 5.32 Å². The first-order valence-corrected chi connectivity index (χ1v) is 10.2. The highest BCUT2D eigenvalue weighted by molar-refractivity contribution is 7.98. The van der Waals surface area contributed by atoms with Crippen molar-refractivity contribution in [3.05, 3.63) is 59.4 Å². The third-order valence-corrected chi connectivity index (χ3v) is 5.10. The fourth-order valence-electron chi connectivity index (χ4n) is 2.78. The lowest BCUT2D eigenvalue weighted by molar-refractivity contribution is -0.116. The second-order valence-corrected chi connectivity index (χ2v) is 7.49. The van der Waals surface area contributed by atoms with Gasteiger partial charge in [0.1, 0.15) is 0 Å². The minimum absolute atomic E-state index is 0.0992. The van der Waals surface area contributed by atoms with E-state index in [-0.39, 0.29) is 12.3 Å². The highest BCUT2D eigenvalue weighted by atomic mass is 32.2. The van der Waals surface area contributed by atoms with Gasteiger partial charge in [-0.05, 0) is 37.1 Å². The fraction of sp³-hybridized carbons (Fsp3) is 0.250. The maximum absolute atomic E-state index is 12.3. The standard InChI is InChI=1S/C20H19N5O4S/c1-12-5-3-6-13(2)18(12)22-16(26)8-9-17-21-15(25-29-17)11-30-20-24-23-19(28-20)14-7-4-10-27-14/h3-7,10H,8-9,11H2,1-2H3,(H,22,26). The van der Waals surface area contributed by atoms with Crippen LogP contribution in [0.3, 0.4) is 0 Å². The summed E-state index contributed by atoms with van der Waals surface area (Å²) in [5.41, 5.74) is 2.90.